The third kappa shape index (κ3) is 8.58. The highest BCUT2D eigenvalue weighted by atomic mass is 16.6. The van der Waals surface area contributed by atoms with Crippen LogP contribution in [-0.4, -0.2) is 58.4 Å². The van der Waals surface area contributed by atoms with Crippen LogP contribution >= 0.6 is 0 Å². The number of hydrogen-bond donors (Lipinski definition) is 3. The Morgan fingerprint density at radius 3 is 2.16 bits per heavy atom. The van der Waals surface area contributed by atoms with Crippen LogP contribution in [0, 0.1) is 10.1 Å². The average Bonchev–Trinajstić information content (AvgIpc) is 2.66. The molecule has 0 heterocycles. The molecule has 0 bridgehead atoms. The van der Waals surface area contributed by atoms with Crippen molar-refractivity contribution in [2.45, 2.75) is 57.7 Å². The minimum atomic E-state index is -1.19. The van der Waals surface area contributed by atoms with Gasteiger partial charge in [-0.05, 0) is 32.8 Å². The Labute approximate surface area is 185 Å². The molecule has 176 valence electrons. The summed E-state index contributed by atoms with van der Waals surface area (Å²) in [7, 11) is 1.33. The van der Waals surface area contributed by atoms with E-state index in [0.29, 0.717) is 5.56 Å². The first-order valence-electron chi connectivity index (χ1n) is 9.78. The van der Waals surface area contributed by atoms with E-state index in [1.165, 1.54) is 31.3 Å². The van der Waals surface area contributed by atoms with Crippen molar-refractivity contribution in [3.05, 3.63) is 39.9 Å². The molecule has 5 N–H and O–H groups in total. The van der Waals surface area contributed by atoms with E-state index in [-0.39, 0.29) is 24.9 Å². The molecule has 0 aliphatic heterocycles. The van der Waals surface area contributed by atoms with Crippen LogP contribution in [0.25, 0.3) is 0 Å². The van der Waals surface area contributed by atoms with E-state index in [4.69, 9.17) is 16.2 Å². The summed E-state index contributed by atoms with van der Waals surface area (Å²) in [6, 6.07) is 3.15. The summed E-state index contributed by atoms with van der Waals surface area (Å²) in [5.41, 5.74) is 10.2. The Hall–Kier alpha value is -3.70. The number of non-ortho nitro benzene ring substituents is 1. The number of carbonyl (C=O) groups excluding carboxylic acids is 4. The number of nitro benzene ring substituents is 1. The maximum Gasteiger partial charge on any atom is 0.408 e. The van der Waals surface area contributed by atoms with Crippen LogP contribution in [0.5, 0.6) is 0 Å². The summed E-state index contributed by atoms with van der Waals surface area (Å²) < 4.78 is 5.16. The second-order valence-electron chi connectivity index (χ2n) is 8.20. The van der Waals surface area contributed by atoms with Gasteiger partial charge in [0.2, 0.25) is 17.7 Å². The van der Waals surface area contributed by atoms with E-state index >= 15 is 0 Å². The fourth-order valence-corrected chi connectivity index (χ4v) is 2.80. The van der Waals surface area contributed by atoms with Crippen molar-refractivity contribution in [2.24, 2.45) is 11.5 Å². The molecule has 12 nitrogen and oxygen atoms in total. The number of primary amides is 2. The molecule has 2 atom stereocenters. The lowest BCUT2D eigenvalue weighted by molar-refractivity contribution is -0.384. The van der Waals surface area contributed by atoms with Crippen LogP contribution in [0.4, 0.5) is 10.5 Å². The lowest BCUT2D eigenvalue weighted by atomic mass is 10.0. The number of nitrogens with one attached hydrogen (secondary N) is 1. The zero-order chi connectivity index (χ0) is 24.6. The number of alkyl carbamates (subject to hydrolysis) is 1. The number of nitrogens with two attached hydrogens (primary N) is 2. The quantitative estimate of drug-likeness (QED) is 0.343. The standard InChI is InChI=1S/C20H29N5O7/c1-20(2,3)32-19(29)23-14(9-10-16(21)26)18(28)24(4)15(17(22)27)11-12-5-7-13(8-6-12)25(30)31/h5-8,14-15H,9-11H2,1-4H3,(H2,21,26)(H2,22,27)(H,23,29)/t14-,15-/m0/s1. The largest absolute Gasteiger partial charge is 0.444 e. The normalized spacial score (nSPS) is 12.9. The monoisotopic (exact) mass is 451 g/mol. The minimum absolute atomic E-state index is 0.00938. The first-order valence-corrected chi connectivity index (χ1v) is 9.78. The number of ether oxygens (including phenoxy) is 1. The van der Waals surface area contributed by atoms with Gasteiger partial charge in [-0.25, -0.2) is 4.79 Å². The predicted molar refractivity (Wildman–Crippen MR) is 114 cm³/mol. The van der Waals surface area contributed by atoms with E-state index in [2.05, 4.69) is 5.32 Å². The fourth-order valence-electron chi connectivity index (χ4n) is 2.80. The summed E-state index contributed by atoms with van der Waals surface area (Å²) in [5, 5.41) is 13.2. The molecule has 0 unspecified atom stereocenters. The molecule has 0 aromatic heterocycles. The first-order chi connectivity index (χ1) is 14.7. The molecular formula is C20H29N5O7. The SMILES string of the molecule is CN(C(=O)[C@H](CCC(N)=O)NC(=O)OC(C)(C)C)[C@@H](Cc1ccc([N+](=O)[O-])cc1)C(N)=O. The van der Waals surface area contributed by atoms with Crippen LogP contribution in [0.15, 0.2) is 24.3 Å². The van der Waals surface area contributed by atoms with Gasteiger partial charge < -0.3 is 26.4 Å². The van der Waals surface area contributed by atoms with Gasteiger partial charge in [0.15, 0.2) is 0 Å². The fraction of sp³-hybridized carbons (Fsp3) is 0.500. The lowest BCUT2D eigenvalue weighted by Gasteiger charge is -2.30. The number of rotatable bonds is 10. The smallest absolute Gasteiger partial charge is 0.408 e. The number of hydrogen-bond acceptors (Lipinski definition) is 7. The lowest BCUT2D eigenvalue weighted by Crippen LogP contribution is -2.54. The Morgan fingerprint density at radius 1 is 1.16 bits per heavy atom. The van der Waals surface area contributed by atoms with Crippen molar-refractivity contribution in [1.29, 1.82) is 0 Å². The number of benzene rings is 1. The van der Waals surface area contributed by atoms with Crippen LogP contribution in [0.1, 0.15) is 39.2 Å². The molecule has 0 radical (unpaired) electrons. The van der Waals surface area contributed by atoms with Crippen molar-refractivity contribution in [1.82, 2.24) is 10.2 Å². The van der Waals surface area contributed by atoms with Gasteiger partial charge in [-0.3, -0.25) is 24.5 Å². The summed E-state index contributed by atoms with van der Waals surface area (Å²) in [5.74, 6) is -2.17. The topological polar surface area (TPSA) is 188 Å². The molecule has 1 rings (SSSR count). The Kier molecular flexibility index (Phi) is 9.11. The average molecular weight is 451 g/mol. The number of nitro groups is 1. The zero-order valence-electron chi connectivity index (χ0n) is 18.5. The molecule has 0 spiro atoms. The van der Waals surface area contributed by atoms with Gasteiger partial charge in [-0.2, -0.15) is 0 Å². The number of amides is 4. The zero-order valence-corrected chi connectivity index (χ0v) is 18.5. The van der Waals surface area contributed by atoms with E-state index < -0.39 is 46.4 Å². The molecule has 4 amide bonds. The van der Waals surface area contributed by atoms with Crippen molar-refractivity contribution in [3.8, 4) is 0 Å². The van der Waals surface area contributed by atoms with E-state index in [9.17, 15) is 29.3 Å². The van der Waals surface area contributed by atoms with Crippen LogP contribution in [-0.2, 0) is 25.5 Å². The van der Waals surface area contributed by atoms with Gasteiger partial charge in [0.1, 0.15) is 17.7 Å². The van der Waals surface area contributed by atoms with E-state index in [0.717, 1.165) is 4.90 Å². The van der Waals surface area contributed by atoms with E-state index in [1.54, 1.807) is 20.8 Å². The van der Waals surface area contributed by atoms with Crippen molar-refractivity contribution in [2.75, 3.05) is 7.05 Å². The van der Waals surface area contributed by atoms with Crippen LogP contribution in [0.2, 0.25) is 0 Å². The van der Waals surface area contributed by atoms with Crippen molar-refractivity contribution in [3.63, 3.8) is 0 Å². The molecule has 0 saturated heterocycles. The first kappa shape index (κ1) is 26.3. The Morgan fingerprint density at radius 2 is 1.72 bits per heavy atom. The molecule has 0 aliphatic rings. The van der Waals surface area contributed by atoms with Gasteiger partial charge >= 0.3 is 6.09 Å². The van der Waals surface area contributed by atoms with Gasteiger partial charge in [0.05, 0.1) is 4.92 Å². The molecular weight excluding hydrogens is 422 g/mol. The molecule has 0 aliphatic carbocycles. The van der Waals surface area contributed by atoms with E-state index in [1.807, 2.05) is 0 Å². The predicted octanol–water partition coefficient (Wildman–Crippen LogP) is 0.608. The highest BCUT2D eigenvalue weighted by Gasteiger charge is 2.32. The minimum Gasteiger partial charge on any atom is -0.444 e. The molecule has 0 fully saturated rings. The molecule has 0 saturated carbocycles. The maximum absolute atomic E-state index is 13.0. The second kappa shape index (κ2) is 11.1. The highest BCUT2D eigenvalue weighted by Crippen LogP contribution is 2.16. The molecule has 32 heavy (non-hydrogen) atoms. The summed E-state index contributed by atoms with van der Waals surface area (Å²) in [6.07, 6.45) is -1.19. The van der Waals surface area contributed by atoms with Crippen LogP contribution in [0.3, 0.4) is 0 Å². The second-order valence-corrected chi connectivity index (χ2v) is 8.20. The molecule has 1 aromatic carbocycles. The molecule has 1 aromatic rings. The van der Waals surface area contributed by atoms with Crippen molar-refractivity contribution >= 4 is 29.5 Å². The number of carbonyl (C=O) groups is 4. The van der Waals surface area contributed by atoms with Gasteiger partial charge in [-0.1, -0.05) is 12.1 Å². The Bertz CT molecular complexity index is 864. The number of nitrogens with zero attached hydrogens (tertiary/aromatic N) is 2. The third-order valence-corrected chi connectivity index (χ3v) is 4.39. The highest BCUT2D eigenvalue weighted by molar-refractivity contribution is 5.91. The van der Waals surface area contributed by atoms with Crippen molar-refractivity contribution < 1.29 is 28.8 Å². The molecule has 12 heteroatoms. The summed E-state index contributed by atoms with van der Waals surface area (Å²) in [6.45, 7) is 4.94. The van der Waals surface area contributed by atoms with Gasteiger partial charge in [-0.15, -0.1) is 0 Å². The summed E-state index contributed by atoms with van der Waals surface area (Å²) >= 11 is 0. The van der Waals surface area contributed by atoms with Crippen LogP contribution < -0.4 is 16.8 Å². The van der Waals surface area contributed by atoms with Gasteiger partial charge in [0.25, 0.3) is 5.69 Å². The Balaban J connectivity index is 3.04. The van der Waals surface area contributed by atoms with Gasteiger partial charge in [0, 0.05) is 32.0 Å². The number of likely N-dealkylation sites (N-methyl/N-ethyl adjacent to an activating group) is 1. The maximum atomic E-state index is 13.0. The third-order valence-electron chi connectivity index (χ3n) is 4.39. The summed E-state index contributed by atoms with van der Waals surface area (Å²) in [4.78, 5) is 59.8.